The zero-order valence-corrected chi connectivity index (χ0v) is 12.1. The Kier molecular flexibility index (Phi) is 3.02. The summed E-state index contributed by atoms with van der Waals surface area (Å²) in [6, 6.07) is 5.07. The molecule has 3 heterocycles. The lowest BCUT2D eigenvalue weighted by Gasteiger charge is -2.04. The molecular formula is C15H7F3N2O2S. The van der Waals surface area contributed by atoms with Crippen molar-refractivity contribution in [3.05, 3.63) is 47.9 Å². The van der Waals surface area contributed by atoms with E-state index < -0.39 is 11.7 Å². The first-order valence-electron chi connectivity index (χ1n) is 6.46. The molecule has 0 N–H and O–H groups in total. The predicted octanol–water partition coefficient (Wildman–Crippen LogP) is 5.23. The average molecular weight is 336 g/mol. The lowest BCUT2D eigenvalue weighted by molar-refractivity contribution is -0.137. The maximum atomic E-state index is 12.7. The van der Waals surface area contributed by atoms with Crippen molar-refractivity contribution >= 4 is 22.3 Å². The molecule has 0 saturated carbocycles. The van der Waals surface area contributed by atoms with Crippen LogP contribution in [0.2, 0.25) is 0 Å². The summed E-state index contributed by atoms with van der Waals surface area (Å²) in [6.07, 6.45) is -1.63. The number of thiazole rings is 1. The van der Waals surface area contributed by atoms with Crippen molar-refractivity contribution in [2.45, 2.75) is 6.18 Å². The molecule has 0 fully saturated rings. The lowest BCUT2D eigenvalue weighted by Crippen LogP contribution is -2.03. The normalized spacial score (nSPS) is 12.1. The van der Waals surface area contributed by atoms with Gasteiger partial charge in [-0.2, -0.15) is 13.2 Å². The molecule has 0 atom stereocenters. The monoisotopic (exact) mass is 336 g/mol. The number of fused-ring (bicyclic) bond motifs is 1. The van der Waals surface area contributed by atoms with Crippen molar-refractivity contribution in [3.8, 4) is 22.2 Å². The van der Waals surface area contributed by atoms with E-state index >= 15 is 0 Å². The van der Waals surface area contributed by atoms with Gasteiger partial charge in [0, 0.05) is 10.8 Å². The Labute approximate surface area is 131 Å². The number of hydrogen-bond acceptors (Lipinski definition) is 5. The van der Waals surface area contributed by atoms with E-state index in [-0.39, 0.29) is 5.58 Å². The van der Waals surface area contributed by atoms with Gasteiger partial charge in [0.2, 0.25) is 0 Å². The minimum absolute atomic E-state index is 0.172. The smallest absolute Gasteiger partial charge is 0.416 e. The summed E-state index contributed by atoms with van der Waals surface area (Å²) >= 11 is 1.35. The van der Waals surface area contributed by atoms with Crippen LogP contribution in [0, 0.1) is 0 Å². The van der Waals surface area contributed by atoms with Crippen LogP contribution >= 0.6 is 11.3 Å². The van der Waals surface area contributed by atoms with Gasteiger partial charge in [-0.1, -0.05) is 6.07 Å². The van der Waals surface area contributed by atoms with Crippen molar-refractivity contribution in [2.75, 3.05) is 0 Å². The second-order valence-corrected chi connectivity index (χ2v) is 5.63. The van der Waals surface area contributed by atoms with E-state index in [4.69, 9.17) is 8.83 Å². The van der Waals surface area contributed by atoms with Gasteiger partial charge in [-0.3, -0.25) is 0 Å². The average Bonchev–Trinajstić information content (AvgIpc) is 3.24. The fraction of sp³-hybridized carbons (Fsp3) is 0.0667. The molecule has 1 aromatic carbocycles. The fourth-order valence-electron chi connectivity index (χ4n) is 2.16. The number of benzene rings is 1. The zero-order valence-electron chi connectivity index (χ0n) is 11.3. The Bertz CT molecular complexity index is 970. The summed E-state index contributed by atoms with van der Waals surface area (Å²) in [4.78, 5) is 8.37. The second-order valence-electron chi connectivity index (χ2n) is 4.77. The zero-order chi connectivity index (χ0) is 16.0. The molecule has 116 valence electrons. The highest BCUT2D eigenvalue weighted by molar-refractivity contribution is 7.13. The predicted molar refractivity (Wildman–Crippen MR) is 77.8 cm³/mol. The molecule has 0 amide bonds. The minimum atomic E-state index is -4.40. The maximum Gasteiger partial charge on any atom is 0.416 e. The van der Waals surface area contributed by atoms with E-state index in [1.165, 1.54) is 30.1 Å². The molecular weight excluding hydrogens is 329 g/mol. The molecule has 4 rings (SSSR count). The van der Waals surface area contributed by atoms with Gasteiger partial charge in [-0.15, -0.1) is 11.3 Å². The summed E-state index contributed by atoms with van der Waals surface area (Å²) in [5, 5.41) is 2.99. The van der Waals surface area contributed by atoms with Crippen LogP contribution in [0.3, 0.4) is 0 Å². The maximum absolute atomic E-state index is 12.7. The molecule has 0 aliphatic rings. The van der Waals surface area contributed by atoms with Crippen molar-refractivity contribution in [3.63, 3.8) is 0 Å². The molecule has 0 saturated heterocycles. The lowest BCUT2D eigenvalue weighted by atomic mass is 10.1. The molecule has 4 aromatic rings. The number of nitrogens with zero attached hydrogens (tertiary/aromatic N) is 2. The van der Waals surface area contributed by atoms with Crippen LogP contribution in [0.5, 0.6) is 0 Å². The Morgan fingerprint density at radius 1 is 1.09 bits per heavy atom. The molecule has 0 bridgehead atoms. The van der Waals surface area contributed by atoms with E-state index in [9.17, 15) is 13.2 Å². The van der Waals surface area contributed by atoms with Crippen molar-refractivity contribution < 1.29 is 22.0 Å². The quantitative estimate of drug-likeness (QED) is 0.503. The first kappa shape index (κ1) is 14.0. The SMILES string of the molecule is FC(F)(F)c1ccc2cc(-c3csc(-c4cocn4)n3)oc2c1. The standard InChI is InChI=1S/C15H7F3N2O2S/c16-15(17,18)9-2-1-8-3-13(22-12(8)4-9)11-6-23-14(20-11)10-5-21-7-19-10/h1-7H. The molecule has 0 aliphatic carbocycles. The van der Waals surface area contributed by atoms with Gasteiger partial charge in [0.25, 0.3) is 0 Å². The first-order chi connectivity index (χ1) is 11.0. The van der Waals surface area contributed by atoms with E-state index in [0.717, 1.165) is 12.1 Å². The van der Waals surface area contributed by atoms with Gasteiger partial charge in [0.1, 0.15) is 28.2 Å². The molecule has 0 unspecified atom stereocenters. The summed E-state index contributed by atoms with van der Waals surface area (Å²) in [5.74, 6) is 0.408. The fourth-order valence-corrected chi connectivity index (χ4v) is 2.92. The van der Waals surface area contributed by atoms with Crippen molar-refractivity contribution in [2.24, 2.45) is 0 Å². The summed E-state index contributed by atoms with van der Waals surface area (Å²) < 4.78 is 48.6. The second kappa shape index (κ2) is 4.95. The van der Waals surface area contributed by atoms with Gasteiger partial charge >= 0.3 is 6.18 Å². The van der Waals surface area contributed by atoms with Gasteiger partial charge < -0.3 is 8.83 Å². The van der Waals surface area contributed by atoms with Gasteiger partial charge in [-0.05, 0) is 18.2 Å². The van der Waals surface area contributed by atoms with Gasteiger partial charge in [-0.25, -0.2) is 9.97 Å². The van der Waals surface area contributed by atoms with Crippen LogP contribution in [-0.4, -0.2) is 9.97 Å². The number of rotatable bonds is 2. The van der Waals surface area contributed by atoms with Crippen LogP contribution in [0.1, 0.15) is 5.56 Å². The largest absolute Gasteiger partial charge is 0.454 e. The minimum Gasteiger partial charge on any atom is -0.454 e. The molecule has 8 heteroatoms. The molecule has 23 heavy (non-hydrogen) atoms. The van der Waals surface area contributed by atoms with Crippen molar-refractivity contribution in [1.82, 2.24) is 9.97 Å². The van der Waals surface area contributed by atoms with Gasteiger partial charge in [0.15, 0.2) is 12.2 Å². The Morgan fingerprint density at radius 3 is 2.70 bits per heavy atom. The molecule has 0 aliphatic heterocycles. The number of aromatic nitrogens is 2. The van der Waals surface area contributed by atoms with E-state index in [1.807, 2.05) is 0 Å². The third-order valence-corrected chi connectivity index (χ3v) is 4.12. The van der Waals surface area contributed by atoms with E-state index in [2.05, 4.69) is 9.97 Å². The highest BCUT2D eigenvalue weighted by atomic mass is 32.1. The van der Waals surface area contributed by atoms with E-state index in [1.54, 1.807) is 11.4 Å². The number of furan rings is 1. The van der Waals surface area contributed by atoms with Crippen LogP contribution in [0.4, 0.5) is 13.2 Å². The number of hydrogen-bond donors (Lipinski definition) is 0. The van der Waals surface area contributed by atoms with Gasteiger partial charge in [0.05, 0.1) is 5.56 Å². The molecule has 4 nitrogen and oxygen atoms in total. The van der Waals surface area contributed by atoms with Crippen molar-refractivity contribution in [1.29, 1.82) is 0 Å². The summed E-state index contributed by atoms with van der Waals surface area (Å²) in [7, 11) is 0. The van der Waals surface area contributed by atoms with Crippen LogP contribution < -0.4 is 0 Å². The summed E-state index contributed by atoms with van der Waals surface area (Å²) in [5.41, 5.74) is 0.563. The van der Waals surface area contributed by atoms with Crippen LogP contribution in [0.25, 0.3) is 33.1 Å². The number of halogens is 3. The third-order valence-electron chi connectivity index (χ3n) is 3.26. The highest BCUT2D eigenvalue weighted by Crippen LogP contribution is 2.35. The Morgan fingerprint density at radius 2 is 1.96 bits per heavy atom. The third kappa shape index (κ3) is 2.50. The summed E-state index contributed by atoms with van der Waals surface area (Å²) in [6.45, 7) is 0. The topological polar surface area (TPSA) is 52.1 Å². The molecule has 0 radical (unpaired) electrons. The Balaban J connectivity index is 1.75. The molecule has 0 spiro atoms. The Hall–Kier alpha value is -2.61. The van der Waals surface area contributed by atoms with Crippen LogP contribution in [0.15, 0.2) is 51.1 Å². The molecule has 3 aromatic heterocycles. The number of alkyl halides is 3. The van der Waals surface area contributed by atoms with Crippen LogP contribution in [-0.2, 0) is 6.18 Å². The first-order valence-corrected chi connectivity index (χ1v) is 7.34. The highest BCUT2D eigenvalue weighted by Gasteiger charge is 2.31. The number of oxazole rings is 1. The van der Waals surface area contributed by atoms with E-state index in [0.29, 0.717) is 27.5 Å².